The van der Waals surface area contributed by atoms with Gasteiger partial charge in [-0.1, -0.05) is 22.6 Å². The quantitative estimate of drug-likeness (QED) is 0.573. The molecular weight excluding hydrogens is 350 g/mol. The summed E-state index contributed by atoms with van der Waals surface area (Å²) in [5.74, 6) is -1.92. The second kappa shape index (κ2) is 4.25. The molecule has 1 aliphatic rings. The smallest absolute Gasteiger partial charge is 0.366 e. The second-order valence-electron chi connectivity index (χ2n) is 5.16. The van der Waals surface area contributed by atoms with E-state index in [4.69, 9.17) is 4.74 Å². The molecule has 1 heterocycles. The highest BCUT2D eigenvalue weighted by atomic mass is 127. The van der Waals surface area contributed by atoms with E-state index in [0.29, 0.717) is 0 Å². The largest absolute Gasteiger partial charge is 0.471 e. The maximum Gasteiger partial charge on any atom is 0.471 e. The Kier molecular flexibility index (Phi) is 3.76. The minimum absolute atomic E-state index is 0.235. The molecule has 0 saturated carbocycles. The molecule has 2 atom stereocenters. The lowest BCUT2D eigenvalue weighted by Gasteiger charge is -2.28. The molecule has 1 saturated heterocycles. The average molecular weight is 365 g/mol. The third-order valence-corrected chi connectivity index (χ3v) is 4.99. The van der Waals surface area contributed by atoms with Crippen molar-refractivity contribution < 1.29 is 22.7 Å². The summed E-state index contributed by atoms with van der Waals surface area (Å²) in [6.45, 7) is 6.95. The standard InChI is InChI=1S/C10H15F3INO2/c1-8(2)5(14)6(9(3,4)17-8)15-7(16)10(11,12)13/h5-6H,1-4H3,(H,15,16). The van der Waals surface area contributed by atoms with Crippen LogP contribution in [-0.4, -0.2) is 33.3 Å². The van der Waals surface area contributed by atoms with Crippen molar-refractivity contribution in [2.75, 3.05) is 0 Å². The predicted molar refractivity (Wildman–Crippen MR) is 65.0 cm³/mol. The maximum atomic E-state index is 12.2. The molecule has 17 heavy (non-hydrogen) atoms. The van der Waals surface area contributed by atoms with E-state index < -0.39 is 29.3 Å². The minimum atomic E-state index is -4.86. The van der Waals surface area contributed by atoms with Gasteiger partial charge in [0.05, 0.1) is 21.2 Å². The first-order valence-corrected chi connectivity index (χ1v) is 6.34. The van der Waals surface area contributed by atoms with Gasteiger partial charge in [-0.05, 0) is 27.7 Å². The first-order valence-electron chi connectivity index (χ1n) is 5.10. The van der Waals surface area contributed by atoms with Crippen LogP contribution in [0.3, 0.4) is 0 Å². The fraction of sp³-hybridized carbons (Fsp3) is 0.900. The molecule has 0 radical (unpaired) electrons. The SMILES string of the molecule is CC1(C)OC(C)(C)C(NC(=O)C(F)(F)F)C1I. The molecule has 1 rings (SSSR count). The van der Waals surface area contributed by atoms with Crippen molar-refractivity contribution in [3.8, 4) is 0 Å². The second-order valence-corrected chi connectivity index (χ2v) is 6.50. The molecule has 0 aromatic heterocycles. The molecule has 0 bridgehead atoms. The van der Waals surface area contributed by atoms with Gasteiger partial charge in [0.1, 0.15) is 0 Å². The van der Waals surface area contributed by atoms with Crippen molar-refractivity contribution in [1.29, 1.82) is 0 Å². The van der Waals surface area contributed by atoms with Crippen LogP contribution in [0.15, 0.2) is 0 Å². The van der Waals surface area contributed by atoms with E-state index in [1.165, 1.54) is 0 Å². The van der Waals surface area contributed by atoms with Gasteiger partial charge in [0.25, 0.3) is 0 Å². The van der Waals surface area contributed by atoms with Crippen LogP contribution in [0.1, 0.15) is 27.7 Å². The molecule has 0 aromatic carbocycles. The van der Waals surface area contributed by atoms with Gasteiger partial charge in [0, 0.05) is 0 Å². The van der Waals surface area contributed by atoms with Crippen molar-refractivity contribution in [2.24, 2.45) is 0 Å². The Labute approximate surface area is 112 Å². The maximum absolute atomic E-state index is 12.2. The molecule has 3 nitrogen and oxygen atoms in total. The Morgan fingerprint density at radius 1 is 1.24 bits per heavy atom. The average Bonchev–Trinajstić information content (AvgIpc) is 2.21. The van der Waals surface area contributed by atoms with Crippen LogP contribution < -0.4 is 5.32 Å². The van der Waals surface area contributed by atoms with Crippen LogP contribution in [0, 0.1) is 0 Å². The number of hydrogen-bond donors (Lipinski definition) is 1. The Morgan fingerprint density at radius 3 is 2.00 bits per heavy atom. The first kappa shape index (κ1) is 15.0. The van der Waals surface area contributed by atoms with Crippen LogP contribution in [0.5, 0.6) is 0 Å². The Hall–Kier alpha value is -0.0500. The zero-order valence-electron chi connectivity index (χ0n) is 9.98. The van der Waals surface area contributed by atoms with E-state index in [2.05, 4.69) is 0 Å². The van der Waals surface area contributed by atoms with Gasteiger partial charge < -0.3 is 10.1 Å². The summed E-state index contributed by atoms with van der Waals surface area (Å²) in [5.41, 5.74) is -1.40. The van der Waals surface area contributed by atoms with Gasteiger partial charge in [-0.15, -0.1) is 0 Å². The molecule has 1 fully saturated rings. The van der Waals surface area contributed by atoms with E-state index in [-0.39, 0.29) is 3.92 Å². The zero-order valence-corrected chi connectivity index (χ0v) is 12.1. The van der Waals surface area contributed by atoms with Crippen molar-refractivity contribution in [3.05, 3.63) is 0 Å². The third-order valence-electron chi connectivity index (χ3n) is 2.78. The molecule has 0 spiro atoms. The molecule has 1 N–H and O–H groups in total. The van der Waals surface area contributed by atoms with Crippen LogP contribution in [0.2, 0.25) is 0 Å². The number of nitrogens with one attached hydrogen (secondary N) is 1. The van der Waals surface area contributed by atoms with E-state index in [9.17, 15) is 18.0 Å². The Balaban J connectivity index is 2.88. The lowest BCUT2D eigenvalue weighted by molar-refractivity contribution is -0.175. The van der Waals surface area contributed by atoms with Crippen molar-refractivity contribution in [2.45, 2.75) is 55.0 Å². The fourth-order valence-electron chi connectivity index (χ4n) is 2.02. The molecule has 1 amide bonds. The minimum Gasteiger partial charge on any atom is -0.366 e. The summed E-state index contributed by atoms with van der Waals surface area (Å²) in [5, 5.41) is 2.02. The molecule has 0 aliphatic carbocycles. The van der Waals surface area contributed by atoms with E-state index >= 15 is 0 Å². The number of ether oxygens (including phenoxy) is 1. The van der Waals surface area contributed by atoms with Gasteiger partial charge in [-0.2, -0.15) is 13.2 Å². The van der Waals surface area contributed by atoms with Crippen molar-refractivity contribution >= 4 is 28.5 Å². The molecule has 7 heteroatoms. The summed E-state index contributed by atoms with van der Waals surface area (Å²) in [4.78, 5) is 11.0. The predicted octanol–water partition coefficient (Wildman–Crippen LogP) is 2.42. The molecule has 100 valence electrons. The molecule has 2 unspecified atom stereocenters. The molecular formula is C10H15F3INO2. The number of alkyl halides is 4. The Bertz CT molecular complexity index is 328. The first-order chi connectivity index (χ1) is 7.38. The third kappa shape index (κ3) is 3.04. The molecule has 1 aliphatic heterocycles. The van der Waals surface area contributed by atoms with E-state index in [1.54, 1.807) is 27.7 Å². The highest BCUT2D eigenvalue weighted by molar-refractivity contribution is 14.1. The summed E-state index contributed by atoms with van der Waals surface area (Å²) in [7, 11) is 0. The van der Waals surface area contributed by atoms with Crippen molar-refractivity contribution in [1.82, 2.24) is 5.32 Å². The summed E-state index contributed by atoms with van der Waals surface area (Å²) in [6, 6.07) is -0.674. The highest BCUT2D eigenvalue weighted by Gasteiger charge is 2.55. The van der Waals surface area contributed by atoms with E-state index in [1.807, 2.05) is 27.9 Å². The van der Waals surface area contributed by atoms with Crippen molar-refractivity contribution in [3.63, 3.8) is 0 Å². The van der Waals surface area contributed by atoms with Gasteiger partial charge in [-0.25, -0.2) is 0 Å². The Morgan fingerprint density at radius 2 is 1.71 bits per heavy atom. The number of carbonyl (C=O) groups is 1. The van der Waals surface area contributed by atoms with Crippen LogP contribution >= 0.6 is 22.6 Å². The fourth-order valence-corrected chi connectivity index (χ4v) is 3.19. The van der Waals surface area contributed by atoms with Gasteiger partial charge in [0.2, 0.25) is 0 Å². The summed E-state index contributed by atoms with van der Waals surface area (Å²) < 4.78 is 42.1. The van der Waals surface area contributed by atoms with Crippen LogP contribution in [-0.2, 0) is 9.53 Å². The summed E-state index contributed by atoms with van der Waals surface area (Å²) >= 11 is 2.02. The van der Waals surface area contributed by atoms with Gasteiger partial charge >= 0.3 is 12.1 Å². The topological polar surface area (TPSA) is 38.3 Å². The zero-order chi connectivity index (χ0) is 13.6. The van der Waals surface area contributed by atoms with Gasteiger partial charge in [0.15, 0.2) is 0 Å². The highest BCUT2D eigenvalue weighted by Crippen LogP contribution is 2.42. The number of halogens is 4. The summed E-state index contributed by atoms with van der Waals surface area (Å²) in [6.07, 6.45) is -4.86. The normalized spacial score (nSPS) is 31.3. The van der Waals surface area contributed by atoms with Crippen LogP contribution in [0.25, 0.3) is 0 Å². The number of rotatable bonds is 1. The lowest BCUT2D eigenvalue weighted by Crippen LogP contribution is -2.53. The van der Waals surface area contributed by atoms with Crippen LogP contribution in [0.4, 0.5) is 13.2 Å². The van der Waals surface area contributed by atoms with E-state index in [0.717, 1.165) is 0 Å². The van der Waals surface area contributed by atoms with Gasteiger partial charge in [-0.3, -0.25) is 4.79 Å². The monoisotopic (exact) mass is 365 g/mol. The number of amides is 1. The lowest BCUT2D eigenvalue weighted by atomic mass is 9.94. The number of hydrogen-bond acceptors (Lipinski definition) is 2. The number of carbonyl (C=O) groups excluding carboxylic acids is 1. The molecule has 0 aromatic rings.